The number of nitrogens with zero attached hydrogens (tertiary/aromatic N) is 1. The van der Waals surface area contributed by atoms with Crippen LogP contribution in [-0.4, -0.2) is 34.3 Å². The molecule has 4 rings (SSSR count). The summed E-state index contributed by atoms with van der Waals surface area (Å²) in [6.45, 7) is 1.74. The fourth-order valence-corrected chi connectivity index (χ4v) is 3.55. The average molecular weight is 424 g/mol. The van der Waals surface area contributed by atoms with Crippen LogP contribution < -0.4 is 15.4 Å². The number of amides is 3. The summed E-state index contributed by atoms with van der Waals surface area (Å²) in [5.41, 5.74) is -0.140. The van der Waals surface area contributed by atoms with Crippen LogP contribution in [0.3, 0.4) is 0 Å². The first-order valence-electron chi connectivity index (χ1n) is 9.11. The first-order chi connectivity index (χ1) is 14.3. The fourth-order valence-electron chi connectivity index (χ4n) is 3.38. The molecule has 2 aromatic carbocycles. The van der Waals surface area contributed by atoms with Gasteiger partial charge in [-0.3, -0.25) is 10.1 Å². The van der Waals surface area contributed by atoms with Crippen LogP contribution in [0.15, 0.2) is 42.6 Å². The van der Waals surface area contributed by atoms with Gasteiger partial charge in [0, 0.05) is 27.6 Å². The first-order valence-corrected chi connectivity index (χ1v) is 9.48. The predicted molar refractivity (Wildman–Crippen MR) is 113 cm³/mol. The molecule has 3 amide bonds. The highest BCUT2D eigenvalue weighted by Crippen LogP contribution is 2.32. The standard InChI is InChI=1S/C22H18ClN3O4/c1-13-14(4-3-5-18(13)23)8-9-22(20(28)24-21(29)25-22)12-26-11-15-6-7-16(30-2)10-17(15)19(26)27/h3-7,10-11,27H,12H2,1-2H3,(H2,24,25,28,29)/t22-/m1/s1. The summed E-state index contributed by atoms with van der Waals surface area (Å²) in [6.07, 6.45) is 1.69. The summed E-state index contributed by atoms with van der Waals surface area (Å²) < 4.78 is 6.69. The topological polar surface area (TPSA) is 92.6 Å². The Morgan fingerprint density at radius 3 is 2.77 bits per heavy atom. The largest absolute Gasteiger partial charge is 0.497 e. The number of halogens is 1. The van der Waals surface area contributed by atoms with Gasteiger partial charge in [0.05, 0.1) is 13.7 Å². The average Bonchev–Trinajstić information content (AvgIpc) is 3.18. The summed E-state index contributed by atoms with van der Waals surface area (Å²) in [5, 5.41) is 17.4. The van der Waals surface area contributed by atoms with Gasteiger partial charge in [0.1, 0.15) is 5.75 Å². The maximum atomic E-state index is 12.7. The van der Waals surface area contributed by atoms with Gasteiger partial charge in [-0.2, -0.15) is 0 Å². The molecule has 0 saturated carbocycles. The van der Waals surface area contributed by atoms with Crippen LogP contribution in [0.2, 0.25) is 5.02 Å². The van der Waals surface area contributed by atoms with Crippen LogP contribution in [0.4, 0.5) is 4.79 Å². The second kappa shape index (κ2) is 7.32. The van der Waals surface area contributed by atoms with E-state index in [0.717, 1.165) is 10.9 Å². The Labute approximate surface area is 177 Å². The molecule has 1 aromatic heterocycles. The number of carbonyl (C=O) groups excluding carboxylic acids is 2. The zero-order valence-electron chi connectivity index (χ0n) is 16.2. The molecule has 8 heteroatoms. The Kier molecular flexibility index (Phi) is 4.80. The molecular formula is C22H18ClN3O4. The Balaban J connectivity index is 1.78. The third-order valence-electron chi connectivity index (χ3n) is 5.10. The Morgan fingerprint density at radius 1 is 1.27 bits per heavy atom. The number of fused-ring (bicyclic) bond motifs is 1. The van der Waals surface area contributed by atoms with Gasteiger partial charge in [-0.05, 0) is 42.8 Å². The fraction of sp³-hybridized carbons (Fsp3) is 0.182. The van der Waals surface area contributed by atoms with E-state index in [1.807, 2.05) is 6.92 Å². The Morgan fingerprint density at radius 2 is 2.07 bits per heavy atom. The highest BCUT2D eigenvalue weighted by Gasteiger charge is 2.46. The van der Waals surface area contributed by atoms with Gasteiger partial charge in [-0.1, -0.05) is 29.5 Å². The summed E-state index contributed by atoms with van der Waals surface area (Å²) in [5.74, 6) is 5.79. The molecule has 1 fully saturated rings. The van der Waals surface area contributed by atoms with Crippen molar-refractivity contribution in [3.63, 3.8) is 0 Å². The lowest BCUT2D eigenvalue weighted by atomic mass is 9.99. The van der Waals surface area contributed by atoms with Crippen molar-refractivity contribution in [3.05, 3.63) is 58.7 Å². The lowest BCUT2D eigenvalue weighted by molar-refractivity contribution is -0.122. The third kappa shape index (κ3) is 3.31. The molecule has 3 N–H and O–H groups in total. The molecule has 2 heterocycles. The number of ether oxygens (including phenoxy) is 1. The number of methoxy groups -OCH3 is 1. The van der Waals surface area contributed by atoms with E-state index in [2.05, 4.69) is 22.5 Å². The van der Waals surface area contributed by atoms with Crippen LogP contribution >= 0.6 is 11.6 Å². The molecule has 1 aliphatic heterocycles. The van der Waals surface area contributed by atoms with E-state index >= 15 is 0 Å². The second-order valence-electron chi connectivity index (χ2n) is 7.01. The summed E-state index contributed by atoms with van der Waals surface area (Å²) >= 11 is 6.15. The number of hydrogen-bond acceptors (Lipinski definition) is 4. The number of aromatic nitrogens is 1. The third-order valence-corrected chi connectivity index (χ3v) is 5.51. The smallest absolute Gasteiger partial charge is 0.323 e. The quantitative estimate of drug-likeness (QED) is 0.446. The summed E-state index contributed by atoms with van der Waals surface area (Å²) in [7, 11) is 1.54. The van der Waals surface area contributed by atoms with Gasteiger partial charge < -0.3 is 19.7 Å². The maximum Gasteiger partial charge on any atom is 0.323 e. The molecule has 0 radical (unpaired) electrons. The van der Waals surface area contributed by atoms with Gasteiger partial charge in [-0.15, -0.1) is 0 Å². The van der Waals surface area contributed by atoms with Crippen molar-refractivity contribution in [2.75, 3.05) is 7.11 Å². The van der Waals surface area contributed by atoms with Crippen molar-refractivity contribution in [1.82, 2.24) is 15.2 Å². The van der Waals surface area contributed by atoms with E-state index in [0.29, 0.717) is 21.7 Å². The minimum Gasteiger partial charge on any atom is -0.497 e. The number of nitrogens with one attached hydrogen (secondary N) is 2. The zero-order valence-corrected chi connectivity index (χ0v) is 17.0. The van der Waals surface area contributed by atoms with Gasteiger partial charge >= 0.3 is 6.03 Å². The highest BCUT2D eigenvalue weighted by molar-refractivity contribution is 6.31. The normalized spacial score (nSPS) is 18.0. The molecule has 0 spiro atoms. The van der Waals surface area contributed by atoms with Gasteiger partial charge in [0.25, 0.3) is 5.91 Å². The molecule has 0 unspecified atom stereocenters. The van der Waals surface area contributed by atoms with E-state index in [1.165, 1.54) is 11.7 Å². The number of urea groups is 1. The monoisotopic (exact) mass is 423 g/mol. The molecule has 152 valence electrons. The molecule has 0 aliphatic carbocycles. The van der Waals surface area contributed by atoms with Crippen molar-refractivity contribution in [2.24, 2.45) is 0 Å². The summed E-state index contributed by atoms with van der Waals surface area (Å²) in [4.78, 5) is 24.6. The van der Waals surface area contributed by atoms with E-state index in [9.17, 15) is 14.7 Å². The SMILES string of the molecule is COc1ccc2cn(C[C@@]3(C#Cc4cccc(Cl)c4C)NC(=O)NC3=O)c(O)c2c1. The maximum absolute atomic E-state index is 12.7. The first kappa shape index (κ1) is 19.7. The Bertz CT molecular complexity index is 1250. The Hall–Kier alpha value is -3.63. The van der Waals surface area contributed by atoms with Crippen molar-refractivity contribution in [1.29, 1.82) is 0 Å². The van der Waals surface area contributed by atoms with Gasteiger partial charge in [0.2, 0.25) is 5.54 Å². The molecule has 0 bridgehead atoms. The van der Waals surface area contributed by atoms with Crippen LogP contribution in [0.5, 0.6) is 11.6 Å². The van der Waals surface area contributed by atoms with E-state index in [1.54, 1.807) is 42.6 Å². The van der Waals surface area contributed by atoms with Crippen LogP contribution in [-0.2, 0) is 11.3 Å². The molecule has 7 nitrogen and oxygen atoms in total. The number of carbonyl (C=O) groups is 2. The second-order valence-corrected chi connectivity index (χ2v) is 7.42. The minimum atomic E-state index is -1.55. The van der Waals surface area contributed by atoms with Gasteiger partial charge in [0.15, 0.2) is 5.88 Å². The molecule has 1 saturated heterocycles. The van der Waals surface area contributed by atoms with Crippen molar-refractivity contribution >= 4 is 34.3 Å². The molecule has 3 aromatic rings. The lowest BCUT2D eigenvalue weighted by Gasteiger charge is -2.21. The van der Waals surface area contributed by atoms with E-state index < -0.39 is 17.5 Å². The number of benzene rings is 2. The predicted octanol–water partition coefficient (Wildman–Crippen LogP) is 2.95. The van der Waals surface area contributed by atoms with Crippen molar-refractivity contribution in [3.8, 4) is 23.5 Å². The molecule has 30 heavy (non-hydrogen) atoms. The van der Waals surface area contributed by atoms with Crippen LogP contribution in [0.25, 0.3) is 10.8 Å². The minimum absolute atomic E-state index is 0.0574. The number of aromatic hydroxyl groups is 1. The summed E-state index contributed by atoms with van der Waals surface area (Å²) in [6, 6.07) is 9.91. The molecular weight excluding hydrogens is 406 g/mol. The number of imide groups is 1. The van der Waals surface area contributed by atoms with Crippen LogP contribution in [0.1, 0.15) is 11.1 Å². The molecule has 1 aliphatic rings. The zero-order chi connectivity index (χ0) is 21.5. The highest BCUT2D eigenvalue weighted by atomic mass is 35.5. The molecule has 1 atom stereocenters. The van der Waals surface area contributed by atoms with E-state index in [-0.39, 0.29) is 12.4 Å². The van der Waals surface area contributed by atoms with Crippen molar-refractivity contribution < 1.29 is 19.4 Å². The number of rotatable bonds is 3. The number of hydrogen-bond donors (Lipinski definition) is 3. The van der Waals surface area contributed by atoms with Crippen LogP contribution in [0, 0.1) is 18.8 Å². The van der Waals surface area contributed by atoms with Crippen molar-refractivity contribution in [2.45, 2.75) is 19.0 Å². The van der Waals surface area contributed by atoms with E-state index in [4.69, 9.17) is 16.3 Å². The lowest BCUT2D eigenvalue weighted by Crippen LogP contribution is -2.49. The van der Waals surface area contributed by atoms with Gasteiger partial charge in [-0.25, -0.2) is 4.79 Å².